The molecule has 0 aliphatic heterocycles. The zero-order chi connectivity index (χ0) is 15.3. The summed E-state index contributed by atoms with van der Waals surface area (Å²) in [5.74, 6) is 2.07. The first-order valence-electron chi connectivity index (χ1n) is 7.79. The summed E-state index contributed by atoms with van der Waals surface area (Å²) in [7, 11) is 0. The van der Waals surface area contributed by atoms with Gasteiger partial charge < -0.3 is 11.1 Å². The molecule has 1 aliphatic carbocycles. The fraction of sp³-hybridized carbons (Fsp3) is 0.588. The van der Waals surface area contributed by atoms with E-state index in [1.54, 1.807) is 0 Å². The average molecular weight is 306 g/mol. The van der Waals surface area contributed by atoms with Crippen LogP contribution in [0.4, 0.5) is 5.69 Å². The van der Waals surface area contributed by atoms with Crippen LogP contribution < -0.4 is 11.1 Å². The summed E-state index contributed by atoms with van der Waals surface area (Å²) in [5.41, 5.74) is 8.06. The highest BCUT2D eigenvalue weighted by Gasteiger charge is 2.37. The first-order valence-corrected chi connectivity index (χ1v) is 8.95. The number of carbonyl (C=O) groups is 1. The molecule has 0 saturated heterocycles. The molecule has 0 spiro atoms. The maximum absolute atomic E-state index is 12.5. The third-order valence-corrected chi connectivity index (χ3v) is 5.18. The van der Waals surface area contributed by atoms with Gasteiger partial charge in [-0.05, 0) is 43.2 Å². The Kier molecular flexibility index (Phi) is 5.71. The van der Waals surface area contributed by atoms with E-state index in [4.69, 9.17) is 5.73 Å². The van der Waals surface area contributed by atoms with E-state index in [-0.39, 0.29) is 17.4 Å². The van der Waals surface area contributed by atoms with Crippen LogP contribution >= 0.6 is 11.8 Å². The van der Waals surface area contributed by atoms with Crippen LogP contribution in [0, 0.1) is 5.92 Å². The molecule has 0 radical (unpaired) electrons. The lowest BCUT2D eigenvalue weighted by atomic mass is 9.74. The third-order valence-electron chi connectivity index (χ3n) is 4.24. The lowest BCUT2D eigenvalue weighted by Crippen LogP contribution is -2.51. The van der Waals surface area contributed by atoms with Crippen LogP contribution in [0.1, 0.15) is 45.1 Å². The molecule has 3 nitrogen and oxygen atoms in total. The minimum Gasteiger partial charge on any atom is -0.326 e. The van der Waals surface area contributed by atoms with Crippen molar-refractivity contribution in [2.45, 2.75) is 50.8 Å². The van der Waals surface area contributed by atoms with E-state index >= 15 is 0 Å². The zero-order valence-electron chi connectivity index (χ0n) is 13.0. The van der Waals surface area contributed by atoms with Gasteiger partial charge >= 0.3 is 0 Å². The van der Waals surface area contributed by atoms with Gasteiger partial charge in [0.05, 0.1) is 5.92 Å². The maximum Gasteiger partial charge on any atom is 0.229 e. The molecule has 2 atom stereocenters. The van der Waals surface area contributed by atoms with Gasteiger partial charge in [-0.2, -0.15) is 11.8 Å². The molecule has 0 bridgehead atoms. The number of hydrogen-bond donors (Lipinski definition) is 2. The number of nitrogens with two attached hydrogens (primary N) is 1. The van der Waals surface area contributed by atoms with Gasteiger partial charge in [0.2, 0.25) is 5.91 Å². The fourth-order valence-electron chi connectivity index (χ4n) is 2.98. The van der Waals surface area contributed by atoms with Crippen LogP contribution in [-0.4, -0.2) is 17.2 Å². The number of anilines is 1. The molecule has 116 valence electrons. The van der Waals surface area contributed by atoms with E-state index < -0.39 is 0 Å². The van der Waals surface area contributed by atoms with E-state index in [0.717, 1.165) is 42.9 Å². The zero-order valence-corrected chi connectivity index (χ0v) is 13.8. The van der Waals surface area contributed by atoms with E-state index in [1.807, 2.05) is 30.8 Å². The molecule has 21 heavy (non-hydrogen) atoms. The second kappa shape index (κ2) is 7.32. The molecular weight excluding hydrogens is 280 g/mol. The molecule has 2 unspecified atom stereocenters. The number of hydrogen-bond acceptors (Lipinski definition) is 3. The molecule has 1 aromatic rings. The smallest absolute Gasteiger partial charge is 0.229 e. The Bertz CT molecular complexity index is 487. The molecule has 1 aromatic carbocycles. The molecule has 1 fully saturated rings. The van der Waals surface area contributed by atoms with E-state index in [9.17, 15) is 4.79 Å². The van der Waals surface area contributed by atoms with Gasteiger partial charge in [0, 0.05) is 17.0 Å². The minimum atomic E-state index is -0.377. The molecule has 4 heteroatoms. The first kappa shape index (κ1) is 16.4. The highest BCUT2D eigenvalue weighted by molar-refractivity contribution is 7.98. The van der Waals surface area contributed by atoms with Crippen molar-refractivity contribution in [1.82, 2.24) is 0 Å². The monoisotopic (exact) mass is 306 g/mol. The molecule has 1 aliphatic rings. The second-order valence-corrected chi connectivity index (χ2v) is 7.41. The van der Waals surface area contributed by atoms with Crippen LogP contribution in [0.2, 0.25) is 0 Å². The van der Waals surface area contributed by atoms with E-state index in [1.165, 1.54) is 5.56 Å². The molecule has 0 aromatic heterocycles. The van der Waals surface area contributed by atoms with Gasteiger partial charge in [0.1, 0.15) is 0 Å². The van der Waals surface area contributed by atoms with Gasteiger partial charge in [-0.15, -0.1) is 0 Å². The molecular formula is C17H26N2OS. The Morgan fingerprint density at radius 1 is 1.48 bits per heavy atom. The average Bonchev–Trinajstić information content (AvgIpc) is 2.45. The van der Waals surface area contributed by atoms with Crippen molar-refractivity contribution in [3.05, 3.63) is 29.8 Å². The molecule has 1 saturated carbocycles. The highest BCUT2D eigenvalue weighted by atomic mass is 32.2. The predicted molar refractivity (Wildman–Crippen MR) is 91.5 cm³/mol. The van der Waals surface area contributed by atoms with Crippen LogP contribution in [0.5, 0.6) is 0 Å². The fourth-order valence-corrected chi connectivity index (χ4v) is 3.60. The normalized spacial score (nSPS) is 25.6. The summed E-state index contributed by atoms with van der Waals surface area (Å²) >= 11 is 1.88. The lowest BCUT2D eigenvalue weighted by molar-refractivity contribution is -0.122. The molecule has 2 rings (SSSR count). The summed E-state index contributed by atoms with van der Waals surface area (Å²) in [4.78, 5) is 12.5. The van der Waals surface area contributed by atoms with Crippen molar-refractivity contribution < 1.29 is 4.79 Å². The Morgan fingerprint density at radius 3 is 3.00 bits per heavy atom. The SMILES string of the molecule is CCSCc1cccc(NC(=O)C2CCCCC2(C)N)c1. The summed E-state index contributed by atoms with van der Waals surface area (Å²) in [6.07, 6.45) is 4.04. The van der Waals surface area contributed by atoms with Crippen molar-refractivity contribution in [1.29, 1.82) is 0 Å². The number of amides is 1. The van der Waals surface area contributed by atoms with Crippen molar-refractivity contribution in [2.24, 2.45) is 11.7 Å². The van der Waals surface area contributed by atoms with Gasteiger partial charge in [0.15, 0.2) is 0 Å². The minimum absolute atomic E-state index is 0.0694. The molecule has 1 amide bonds. The van der Waals surface area contributed by atoms with E-state index in [0.29, 0.717) is 0 Å². The van der Waals surface area contributed by atoms with Gasteiger partial charge in [-0.1, -0.05) is 31.9 Å². The van der Waals surface area contributed by atoms with Crippen molar-refractivity contribution in [3.63, 3.8) is 0 Å². The van der Waals surface area contributed by atoms with Crippen molar-refractivity contribution in [3.8, 4) is 0 Å². The van der Waals surface area contributed by atoms with Crippen LogP contribution in [-0.2, 0) is 10.5 Å². The number of nitrogens with one attached hydrogen (secondary N) is 1. The number of thioether (sulfide) groups is 1. The highest BCUT2D eigenvalue weighted by Crippen LogP contribution is 2.32. The standard InChI is InChI=1S/C17H26N2OS/c1-3-21-12-13-7-6-8-14(11-13)19-16(20)15-9-4-5-10-17(15,2)18/h6-8,11,15H,3-5,9-10,12,18H2,1-2H3,(H,19,20). The lowest BCUT2D eigenvalue weighted by Gasteiger charge is -2.37. The van der Waals surface area contributed by atoms with Crippen LogP contribution in [0.3, 0.4) is 0 Å². The number of benzene rings is 1. The van der Waals surface area contributed by atoms with Gasteiger partial charge in [-0.25, -0.2) is 0 Å². The predicted octanol–water partition coefficient (Wildman–Crippen LogP) is 3.79. The van der Waals surface area contributed by atoms with Gasteiger partial charge in [0.25, 0.3) is 0 Å². The Balaban J connectivity index is 2.02. The third kappa shape index (κ3) is 4.48. The van der Waals surface area contributed by atoms with Crippen molar-refractivity contribution in [2.75, 3.05) is 11.1 Å². The quantitative estimate of drug-likeness (QED) is 0.870. The largest absolute Gasteiger partial charge is 0.326 e. The number of rotatable bonds is 5. The van der Waals surface area contributed by atoms with Crippen LogP contribution in [0.15, 0.2) is 24.3 Å². The topological polar surface area (TPSA) is 55.1 Å². The summed E-state index contributed by atoms with van der Waals surface area (Å²) in [5, 5.41) is 3.06. The summed E-state index contributed by atoms with van der Waals surface area (Å²) in [6, 6.07) is 8.13. The molecule has 3 N–H and O–H groups in total. The summed E-state index contributed by atoms with van der Waals surface area (Å²) < 4.78 is 0. The van der Waals surface area contributed by atoms with Crippen LogP contribution in [0.25, 0.3) is 0 Å². The first-order chi connectivity index (χ1) is 10.0. The maximum atomic E-state index is 12.5. The molecule has 0 heterocycles. The Hall–Kier alpha value is -1.00. The van der Waals surface area contributed by atoms with Gasteiger partial charge in [-0.3, -0.25) is 4.79 Å². The summed E-state index contributed by atoms with van der Waals surface area (Å²) in [6.45, 7) is 4.16. The Labute approximate surface area is 132 Å². The van der Waals surface area contributed by atoms with E-state index in [2.05, 4.69) is 24.4 Å². The number of carbonyl (C=O) groups excluding carboxylic acids is 1. The van der Waals surface area contributed by atoms with Crippen molar-refractivity contribution >= 4 is 23.4 Å². The Morgan fingerprint density at radius 2 is 2.29 bits per heavy atom. The second-order valence-electron chi connectivity index (χ2n) is 6.13.